The van der Waals surface area contributed by atoms with Gasteiger partial charge in [0.25, 0.3) is 11.8 Å². The van der Waals surface area contributed by atoms with Gasteiger partial charge in [0.15, 0.2) is 6.61 Å². The number of carbonyl (C=O) groups is 2. The van der Waals surface area contributed by atoms with Crippen molar-refractivity contribution in [1.82, 2.24) is 10.9 Å². The van der Waals surface area contributed by atoms with Crippen molar-refractivity contribution in [2.45, 2.75) is 26.2 Å². The first-order chi connectivity index (χ1) is 14.6. The smallest absolute Gasteiger partial charge is 0.276 e. The van der Waals surface area contributed by atoms with Crippen LogP contribution in [0, 0.1) is 0 Å². The summed E-state index contributed by atoms with van der Waals surface area (Å²) < 4.78 is 5.46. The average Bonchev–Trinajstić information content (AvgIpc) is 2.79. The maximum Gasteiger partial charge on any atom is 0.276 e. The van der Waals surface area contributed by atoms with E-state index in [1.54, 1.807) is 6.08 Å². The number of nitrogens with one attached hydrogen (secondary N) is 2. The first kappa shape index (κ1) is 21.1. The van der Waals surface area contributed by atoms with E-state index in [1.165, 1.54) is 11.6 Å². The SMILES string of the molecule is CCC(C)c1ccc(OCC(=O)NNC(=O)C=Cc2cccc3ccccc23)cc1. The number of hydrogen-bond donors (Lipinski definition) is 2. The molecule has 0 radical (unpaired) electrons. The lowest BCUT2D eigenvalue weighted by molar-refractivity contribution is -0.128. The zero-order valence-corrected chi connectivity index (χ0v) is 17.2. The van der Waals surface area contributed by atoms with E-state index in [4.69, 9.17) is 4.74 Å². The highest BCUT2D eigenvalue weighted by atomic mass is 16.5. The molecule has 0 aliphatic carbocycles. The molecule has 0 aliphatic heterocycles. The first-order valence-electron chi connectivity index (χ1n) is 10.0. The molecule has 3 aromatic rings. The number of fused-ring (bicyclic) bond motifs is 1. The maximum absolute atomic E-state index is 12.0. The van der Waals surface area contributed by atoms with Crippen molar-refractivity contribution in [2.75, 3.05) is 6.61 Å². The molecule has 0 aromatic heterocycles. The third-order valence-electron chi connectivity index (χ3n) is 4.99. The summed E-state index contributed by atoms with van der Waals surface area (Å²) in [6.07, 6.45) is 4.17. The van der Waals surface area contributed by atoms with Crippen molar-refractivity contribution >= 4 is 28.7 Å². The van der Waals surface area contributed by atoms with Crippen LogP contribution in [0.4, 0.5) is 0 Å². The Hall–Kier alpha value is -3.60. The lowest BCUT2D eigenvalue weighted by atomic mass is 9.99. The van der Waals surface area contributed by atoms with Crippen molar-refractivity contribution in [3.63, 3.8) is 0 Å². The molecule has 0 bridgehead atoms. The Balaban J connectivity index is 1.46. The van der Waals surface area contributed by atoms with Crippen LogP contribution in [0.5, 0.6) is 5.75 Å². The van der Waals surface area contributed by atoms with Gasteiger partial charge in [-0.15, -0.1) is 0 Å². The van der Waals surface area contributed by atoms with Crippen LogP contribution in [0.15, 0.2) is 72.8 Å². The Morgan fingerprint density at radius 1 is 0.967 bits per heavy atom. The Bertz CT molecular complexity index is 1040. The van der Waals surface area contributed by atoms with Crippen LogP contribution in [0.2, 0.25) is 0 Å². The lowest BCUT2D eigenvalue weighted by Crippen LogP contribution is -2.43. The fraction of sp³-hybridized carbons (Fsp3) is 0.200. The minimum Gasteiger partial charge on any atom is -0.484 e. The van der Waals surface area contributed by atoms with Gasteiger partial charge in [-0.1, -0.05) is 68.4 Å². The fourth-order valence-corrected chi connectivity index (χ4v) is 3.05. The average molecular weight is 402 g/mol. The highest BCUT2D eigenvalue weighted by molar-refractivity contribution is 5.97. The number of rotatable bonds is 7. The number of hydrazine groups is 1. The summed E-state index contributed by atoms with van der Waals surface area (Å²) in [5, 5.41) is 2.16. The molecule has 1 unspecified atom stereocenters. The van der Waals surface area contributed by atoms with Crippen molar-refractivity contribution in [3.05, 3.63) is 83.9 Å². The van der Waals surface area contributed by atoms with Gasteiger partial charge in [0.05, 0.1) is 0 Å². The Kier molecular flexibility index (Phi) is 7.22. The number of amides is 2. The van der Waals surface area contributed by atoms with E-state index in [0.29, 0.717) is 11.7 Å². The second-order valence-electron chi connectivity index (χ2n) is 7.11. The fourth-order valence-electron chi connectivity index (χ4n) is 3.05. The van der Waals surface area contributed by atoms with Crippen molar-refractivity contribution < 1.29 is 14.3 Å². The largest absolute Gasteiger partial charge is 0.484 e. The van der Waals surface area contributed by atoms with Crippen LogP contribution in [0.1, 0.15) is 37.3 Å². The molecule has 0 saturated carbocycles. The molecule has 0 heterocycles. The molecule has 5 heteroatoms. The minimum atomic E-state index is -0.437. The van der Waals surface area contributed by atoms with E-state index < -0.39 is 11.8 Å². The number of hydrogen-bond acceptors (Lipinski definition) is 3. The predicted octanol–water partition coefficient (Wildman–Crippen LogP) is 4.59. The standard InChI is InChI=1S/C25H26N2O3/c1-3-18(2)19-11-14-22(15-12-19)30-17-25(29)27-26-24(28)16-13-21-9-6-8-20-7-4-5-10-23(20)21/h4-16,18H,3,17H2,1-2H3,(H,26,28)(H,27,29). The second kappa shape index (κ2) is 10.3. The molecule has 0 fully saturated rings. The van der Waals surface area contributed by atoms with Gasteiger partial charge in [0.1, 0.15) is 5.75 Å². The van der Waals surface area contributed by atoms with Crippen LogP contribution in [-0.2, 0) is 9.59 Å². The van der Waals surface area contributed by atoms with Gasteiger partial charge in [-0.3, -0.25) is 20.4 Å². The summed E-state index contributed by atoms with van der Waals surface area (Å²) in [5.41, 5.74) is 6.88. The summed E-state index contributed by atoms with van der Waals surface area (Å²) >= 11 is 0. The van der Waals surface area contributed by atoms with E-state index >= 15 is 0 Å². The third kappa shape index (κ3) is 5.70. The normalized spacial score (nSPS) is 11.9. The topological polar surface area (TPSA) is 67.4 Å². The zero-order chi connectivity index (χ0) is 21.3. The van der Waals surface area contributed by atoms with Gasteiger partial charge >= 0.3 is 0 Å². The van der Waals surface area contributed by atoms with Crippen molar-refractivity contribution in [2.24, 2.45) is 0 Å². The molecule has 1 atom stereocenters. The second-order valence-corrected chi connectivity index (χ2v) is 7.11. The monoisotopic (exact) mass is 402 g/mol. The van der Waals surface area contributed by atoms with Crippen LogP contribution >= 0.6 is 0 Å². The lowest BCUT2D eigenvalue weighted by Gasteiger charge is -2.11. The van der Waals surface area contributed by atoms with Crippen LogP contribution < -0.4 is 15.6 Å². The molecular weight excluding hydrogens is 376 g/mol. The molecule has 5 nitrogen and oxygen atoms in total. The Morgan fingerprint density at radius 2 is 1.70 bits per heavy atom. The molecule has 0 saturated heterocycles. The molecule has 0 aliphatic rings. The van der Waals surface area contributed by atoms with E-state index in [0.717, 1.165) is 22.8 Å². The van der Waals surface area contributed by atoms with Gasteiger partial charge in [0, 0.05) is 6.08 Å². The van der Waals surface area contributed by atoms with Gasteiger partial charge in [-0.2, -0.15) is 0 Å². The number of carbonyl (C=O) groups excluding carboxylic acids is 2. The van der Waals surface area contributed by atoms with Crippen LogP contribution in [-0.4, -0.2) is 18.4 Å². The van der Waals surface area contributed by atoms with E-state index in [9.17, 15) is 9.59 Å². The maximum atomic E-state index is 12.0. The zero-order valence-electron chi connectivity index (χ0n) is 17.2. The highest BCUT2D eigenvalue weighted by Gasteiger charge is 2.06. The minimum absolute atomic E-state index is 0.185. The van der Waals surface area contributed by atoms with E-state index in [-0.39, 0.29) is 6.61 Å². The first-order valence-corrected chi connectivity index (χ1v) is 10.0. The third-order valence-corrected chi connectivity index (χ3v) is 4.99. The van der Waals surface area contributed by atoms with Gasteiger partial charge in [-0.05, 0) is 52.4 Å². The molecule has 2 amide bonds. The molecule has 30 heavy (non-hydrogen) atoms. The highest BCUT2D eigenvalue weighted by Crippen LogP contribution is 2.21. The number of ether oxygens (including phenoxy) is 1. The summed E-state index contributed by atoms with van der Waals surface area (Å²) in [4.78, 5) is 23.9. The predicted molar refractivity (Wildman–Crippen MR) is 120 cm³/mol. The molecular formula is C25H26N2O3. The molecule has 0 spiro atoms. The van der Waals surface area contributed by atoms with Crippen LogP contribution in [0.25, 0.3) is 16.8 Å². The summed E-state index contributed by atoms with van der Waals surface area (Å²) in [5.74, 6) is 0.237. The van der Waals surface area contributed by atoms with Crippen molar-refractivity contribution in [3.8, 4) is 5.75 Å². The van der Waals surface area contributed by atoms with E-state index in [1.807, 2.05) is 66.7 Å². The summed E-state index contributed by atoms with van der Waals surface area (Å²) in [6, 6.07) is 21.5. The molecule has 154 valence electrons. The van der Waals surface area contributed by atoms with Gasteiger partial charge in [-0.25, -0.2) is 0 Å². The molecule has 2 N–H and O–H groups in total. The Labute approximate surface area is 176 Å². The van der Waals surface area contributed by atoms with Gasteiger partial charge in [0.2, 0.25) is 0 Å². The van der Waals surface area contributed by atoms with Crippen molar-refractivity contribution in [1.29, 1.82) is 0 Å². The van der Waals surface area contributed by atoms with E-state index in [2.05, 4.69) is 24.7 Å². The Morgan fingerprint density at radius 3 is 2.47 bits per heavy atom. The molecule has 3 aromatic carbocycles. The number of benzene rings is 3. The quantitative estimate of drug-likeness (QED) is 0.449. The van der Waals surface area contributed by atoms with Crippen LogP contribution in [0.3, 0.4) is 0 Å². The molecule has 3 rings (SSSR count). The summed E-state index contributed by atoms with van der Waals surface area (Å²) in [7, 11) is 0. The summed E-state index contributed by atoms with van der Waals surface area (Å²) in [6.45, 7) is 4.13. The van der Waals surface area contributed by atoms with Gasteiger partial charge < -0.3 is 4.74 Å².